The molecule has 0 amide bonds. The van der Waals surface area contributed by atoms with Crippen LogP contribution in [0.15, 0.2) is 78.9 Å². The minimum atomic E-state index is -0.494. The fourth-order valence-corrected chi connectivity index (χ4v) is 3.76. The maximum atomic E-state index is 12.3. The Kier molecular flexibility index (Phi) is 6.75. The number of aryl methyl sites for hydroxylation is 2. The zero-order valence-corrected chi connectivity index (χ0v) is 19.0. The van der Waals surface area contributed by atoms with Crippen molar-refractivity contribution in [1.82, 2.24) is 0 Å². The first kappa shape index (κ1) is 22.2. The highest BCUT2D eigenvalue weighted by molar-refractivity contribution is 5.92. The van der Waals surface area contributed by atoms with Crippen LogP contribution in [0.25, 0.3) is 22.9 Å². The molecule has 0 heterocycles. The molecular weight excluding hydrogens is 412 g/mol. The number of hydrogen-bond acceptors (Lipinski definition) is 4. The summed E-state index contributed by atoms with van der Waals surface area (Å²) >= 11 is 0. The maximum Gasteiger partial charge on any atom is 0.349 e. The van der Waals surface area contributed by atoms with Crippen molar-refractivity contribution in [2.45, 2.75) is 13.8 Å². The van der Waals surface area contributed by atoms with Gasteiger partial charge in [-0.05, 0) is 71.1 Å². The largest absolute Gasteiger partial charge is 0.493 e. The normalized spacial score (nSPS) is 11.0. The van der Waals surface area contributed by atoms with E-state index in [2.05, 4.69) is 30.3 Å². The van der Waals surface area contributed by atoms with E-state index in [-0.39, 0.29) is 6.61 Å². The van der Waals surface area contributed by atoms with Gasteiger partial charge in [-0.2, -0.15) is 0 Å². The number of carbonyl (C=O) groups is 1. The third kappa shape index (κ3) is 5.60. The molecule has 0 N–H and O–H groups in total. The van der Waals surface area contributed by atoms with E-state index in [9.17, 15) is 4.79 Å². The summed E-state index contributed by atoms with van der Waals surface area (Å²) in [6, 6.07) is 25.8. The van der Waals surface area contributed by atoms with Crippen LogP contribution in [0.3, 0.4) is 0 Å². The van der Waals surface area contributed by atoms with Gasteiger partial charge in [0.25, 0.3) is 0 Å². The zero-order valence-electron chi connectivity index (χ0n) is 19.0. The molecule has 0 radical (unpaired) electrons. The summed E-state index contributed by atoms with van der Waals surface area (Å²) in [5.74, 6) is 0.987. The first-order valence-electron chi connectivity index (χ1n) is 10.8. The van der Waals surface area contributed by atoms with Gasteiger partial charge in [0.1, 0.15) is 5.75 Å². The van der Waals surface area contributed by atoms with E-state index in [1.807, 2.05) is 68.5 Å². The molecule has 166 valence electrons. The molecular formula is C29H26O4. The molecule has 0 aliphatic rings. The number of benzene rings is 4. The van der Waals surface area contributed by atoms with Gasteiger partial charge >= 0.3 is 5.97 Å². The summed E-state index contributed by atoms with van der Waals surface area (Å²) in [5, 5.41) is 2.39. The van der Waals surface area contributed by atoms with Gasteiger partial charge in [0.05, 0.1) is 7.11 Å². The molecule has 0 fully saturated rings. The van der Waals surface area contributed by atoms with E-state index in [1.165, 1.54) is 10.8 Å². The van der Waals surface area contributed by atoms with Crippen molar-refractivity contribution >= 4 is 28.9 Å². The number of hydrogen-bond donors (Lipinski definition) is 0. The van der Waals surface area contributed by atoms with Crippen LogP contribution in [0.2, 0.25) is 0 Å². The fraction of sp³-hybridized carbons (Fsp3) is 0.138. The second kappa shape index (κ2) is 10.0. The first-order valence-corrected chi connectivity index (χ1v) is 10.8. The lowest BCUT2D eigenvalue weighted by molar-refractivity contribution is -0.136. The van der Waals surface area contributed by atoms with Gasteiger partial charge in [-0.15, -0.1) is 0 Å². The summed E-state index contributed by atoms with van der Waals surface area (Å²) in [7, 11) is 1.55. The van der Waals surface area contributed by atoms with E-state index in [0.717, 1.165) is 22.3 Å². The average Bonchev–Trinajstić information content (AvgIpc) is 2.81. The Morgan fingerprint density at radius 1 is 0.818 bits per heavy atom. The average molecular weight is 439 g/mol. The van der Waals surface area contributed by atoms with Crippen molar-refractivity contribution < 1.29 is 19.0 Å². The smallest absolute Gasteiger partial charge is 0.349 e. The van der Waals surface area contributed by atoms with Gasteiger partial charge in [-0.1, -0.05) is 66.7 Å². The lowest BCUT2D eigenvalue weighted by Gasteiger charge is -2.11. The monoisotopic (exact) mass is 438 g/mol. The summed E-state index contributed by atoms with van der Waals surface area (Å²) < 4.78 is 16.5. The topological polar surface area (TPSA) is 44.8 Å². The number of methoxy groups -OCH3 is 1. The SMILES string of the molecule is COc1cc(C=Cc2cccc3ccccc23)ccc1OC(=O)COc1cc(C)cc(C)c1. The minimum absolute atomic E-state index is 0.186. The molecule has 0 aliphatic heterocycles. The third-order valence-corrected chi connectivity index (χ3v) is 5.24. The number of rotatable bonds is 7. The lowest BCUT2D eigenvalue weighted by Crippen LogP contribution is -2.18. The molecule has 0 aromatic heterocycles. The Labute approximate surface area is 194 Å². The van der Waals surface area contributed by atoms with Gasteiger partial charge < -0.3 is 14.2 Å². The van der Waals surface area contributed by atoms with E-state index < -0.39 is 5.97 Å². The van der Waals surface area contributed by atoms with Crippen LogP contribution < -0.4 is 14.2 Å². The molecule has 0 aliphatic carbocycles. The summed E-state index contributed by atoms with van der Waals surface area (Å²) in [6.45, 7) is 3.79. The van der Waals surface area contributed by atoms with Crippen molar-refractivity contribution in [3.8, 4) is 17.2 Å². The quantitative estimate of drug-likeness (QED) is 0.185. The second-order valence-corrected chi connectivity index (χ2v) is 7.90. The Bertz CT molecular complexity index is 1300. The number of fused-ring (bicyclic) bond motifs is 1. The van der Waals surface area contributed by atoms with Gasteiger partial charge in [0, 0.05) is 0 Å². The molecule has 0 saturated carbocycles. The summed E-state index contributed by atoms with van der Waals surface area (Å²) in [6.07, 6.45) is 4.08. The molecule has 0 saturated heterocycles. The number of esters is 1. The standard InChI is InChI=1S/C29H26O4/c1-20-15-21(2)17-25(16-20)32-19-29(30)33-27-14-12-22(18-28(27)31-3)11-13-24-9-6-8-23-7-4-5-10-26(23)24/h4-18H,19H2,1-3H3. The third-order valence-electron chi connectivity index (χ3n) is 5.24. The van der Waals surface area contributed by atoms with E-state index >= 15 is 0 Å². The van der Waals surface area contributed by atoms with Crippen LogP contribution in [0.4, 0.5) is 0 Å². The highest BCUT2D eigenvalue weighted by Crippen LogP contribution is 2.29. The van der Waals surface area contributed by atoms with E-state index in [4.69, 9.17) is 14.2 Å². The summed E-state index contributed by atoms with van der Waals surface area (Å²) in [5.41, 5.74) is 4.22. The molecule has 4 heteroatoms. The van der Waals surface area contributed by atoms with Gasteiger partial charge in [-0.3, -0.25) is 0 Å². The second-order valence-electron chi connectivity index (χ2n) is 7.90. The zero-order chi connectivity index (χ0) is 23.2. The Morgan fingerprint density at radius 2 is 1.58 bits per heavy atom. The summed E-state index contributed by atoms with van der Waals surface area (Å²) in [4.78, 5) is 12.3. The predicted molar refractivity (Wildman–Crippen MR) is 133 cm³/mol. The van der Waals surface area contributed by atoms with Gasteiger partial charge in [0.15, 0.2) is 18.1 Å². The van der Waals surface area contributed by atoms with Crippen molar-refractivity contribution in [3.05, 3.63) is 101 Å². The van der Waals surface area contributed by atoms with Crippen molar-refractivity contribution in [3.63, 3.8) is 0 Å². The Balaban J connectivity index is 1.45. The molecule has 4 rings (SSSR count). The van der Waals surface area contributed by atoms with Crippen LogP contribution in [0.1, 0.15) is 22.3 Å². The van der Waals surface area contributed by atoms with E-state index in [1.54, 1.807) is 13.2 Å². The van der Waals surface area contributed by atoms with Gasteiger partial charge in [0.2, 0.25) is 0 Å². The fourth-order valence-electron chi connectivity index (χ4n) is 3.76. The molecule has 0 atom stereocenters. The molecule has 4 aromatic rings. The highest BCUT2D eigenvalue weighted by atomic mass is 16.6. The predicted octanol–water partition coefficient (Wildman–Crippen LogP) is 6.62. The number of ether oxygens (including phenoxy) is 3. The van der Waals surface area contributed by atoms with Crippen LogP contribution >= 0.6 is 0 Å². The highest BCUT2D eigenvalue weighted by Gasteiger charge is 2.12. The Morgan fingerprint density at radius 3 is 2.36 bits per heavy atom. The van der Waals surface area contributed by atoms with Crippen LogP contribution in [-0.2, 0) is 4.79 Å². The van der Waals surface area contributed by atoms with E-state index in [0.29, 0.717) is 17.2 Å². The lowest BCUT2D eigenvalue weighted by atomic mass is 10.0. The molecule has 0 bridgehead atoms. The molecule has 4 aromatic carbocycles. The van der Waals surface area contributed by atoms with Crippen molar-refractivity contribution in [2.24, 2.45) is 0 Å². The molecule has 0 unspecified atom stereocenters. The maximum absolute atomic E-state index is 12.3. The molecule has 0 spiro atoms. The minimum Gasteiger partial charge on any atom is -0.493 e. The van der Waals surface area contributed by atoms with Crippen LogP contribution in [0.5, 0.6) is 17.2 Å². The first-order chi connectivity index (χ1) is 16.0. The van der Waals surface area contributed by atoms with Gasteiger partial charge in [-0.25, -0.2) is 4.79 Å². The van der Waals surface area contributed by atoms with Crippen LogP contribution in [0, 0.1) is 13.8 Å². The van der Waals surface area contributed by atoms with Crippen molar-refractivity contribution in [2.75, 3.05) is 13.7 Å². The van der Waals surface area contributed by atoms with Crippen LogP contribution in [-0.4, -0.2) is 19.7 Å². The molecule has 33 heavy (non-hydrogen) atoms. The van der Waals surface area contributed by atoms with Crippen molar-refractivity contribution in [1.29, 1.82) is 0 Å². The number of carbonyl (C=O) groups excluding carboxylic acids is 1. The molecule has 4 nitrogen and oxygen atoms in total. The Hall–Kier alpha value is -4.05.